The Morgan fingerprint density at radius 3 is 2.46 bits per heavy atom. The highest BCUT2D eigenvalue weighted by molar-refractivity contribution is 5.43. The summed E-state index contributed by atoms with van der Waals surface area (Å²) in [5, 5.41) is 14.2. The molecule has 0 bridgehead atoms. The zero-order valence-corrected chi connectivity index (χ0v) is 14.6. The number of hydrogen-bond donors (Lipinski definition) is 2. The number of para-hydroxylation sites is 1. The van der Waals surface area contributed by atoms with Crippen molar-refractivity contribution >= 4 is 5.69 Å². The van der Waals surface area contributed by atoms with Crippen molar-refractivity contribution in [2.45, 2.75) is 31.2 Å². The molecule has 2 N–H and O–H groups in total. The third kappa shape index (κ3) is 4.56. The number of likely N-dealkylation sites (tertiary alicyclic amines) is 1. The standard InChI is InChI=1S/C20H23F3N2O/c1-19(26,15-6-5-7-16(12-15)20(21,22)23)14-25-11-10-18(13-25)24-17-8-3-2-4-9-17/h2-9,12,18,24,26H,10-11,13-14H2,1H3/t18-,19+/m0/s1. The predicted octanol–water partition coefficient (Wildman–Crippen LogP) is 4.10. The van der Waals surface area contributed by atoms with Gasteiger partial charge in [-0.1, -0.05) is 30.3 Å². The molecule has 2 aromatic carbocycles. The van der Waals surface area contributed by atoms with Gasteiger partial charge in [0.15, 0.2) is 0 Å². The summed E-state index contributed by atoms with van der Waals surface area (Å²) in [7, 11) is 0. The third-order valence-electron chi connectivity index (χ3n) is 4.76. The highest BCUT2D eigenvalue weighted by atomic mass is 19.4. The molecule has 0 spiro atoms. The summed E-state index contributed by atoms with van der Waals surface area (Å²) >= 11 is 0. The zero-order valence-electron chi connectivity index (χ0n) is 14.6. The molecule has 26 heavy (non-hydrogen) atoms. The number of aliphatic hydroxyl groups is 1. The quantitative estimate of drug-likeness (QED) is 0.839. The van der Waals surface area contributed by atoms with Gasteiger partial charge in [-0.25, -0.2) is 0 Å². The van der Waals surface area contributed by atoms with Crippen molar-refractivity contribution in [3.8, 4) is 0 Å². The summed E-state index contributed by atoms with van der Waals surface area (Å²) in [5.74, 6) is 0. The van der Waals surface area contributed by atoms with Crippen molar-refractivity contribution in [3.63, 3.8) is 0 Å². The van der Waals surface area contributed by atoms with E-state index in [4.69, 9.17) is 0 Å². The predicted molar refractivity (Wildman–Crippen MR) is 95.9 cm³/mol. The number of alkyl halides is 3. The third-order valence-corrected chi connectivity index (χ3v) is 4.76. The summed E-state index contributed by atoms with van der Waals surface area (Å²) in [6.07, 6.45) is -3.49. The number of nitrogens with zero attached hydrogens (tertiary/aromatic N) is 1. The molecule has 0 aliphatic carbocycles. The van der Waals surface area contributed by atoms with Crippen LogP contribution in [-0.4, -0.2) is 35.7 Å². The van der Waals surface area contributed by atoms with Crippen LogP contribution in [-0.2, 0) is 11.8 Å². The first-order valence-electron chi connectivity index (χ1n) is 8.68. The fourth-order valence-corrected chi connectivity index (χ4v) is 3.42. The molecule has 2 aromatic rings. The second kappa shape index (κ2) is 7.29. The minimum atomic E-state index is -4.41. The van der Waals surface area contributed by atoms with E-state index in [-0.39, 0.29) is 11.6 Å². The van der Waals surface area contributed by atoms with Crippen LogP contribution in [0, 0.1) is 0 Å². The fraction of sp³-hybridized carbons (Fsp3) is 0.400. The molecule has 2 atom stereocenters. The number of benzene rings is 2. The van der Waals surface area contributed by atoms with Gasteiger partial charge in [-0.3, -0.25) is 4.90 Å². The largest absolute Gasteiger partial charge is 0.416 e. The van der Waals surface area contributed by atoms with E-state index in [0.717, 1.165) is 37.3 Å². The van der Waals surface area contributed by atoms with Gasteiger partial charge >= 0.3 is 6.18 Å². The Balaban J connectivity index is 1.63. The van der Waals surface area contributed by atoms with E-state index in [1.165, 1.54) is 6.07 Å². The second-order valence-corrected chi connectivity index (χ2v) is 7.08. The summed E-state index contributed by atoms with van der Waals surface area (Å²) < 4.78 is 38.8. The summed E-state index contributed by atoms with van der Waals surface area (Å²) in [6, 6.07) is 15.1. The lowest BCUT2D eigenvalue weighted by Crippen LogP contribution is -2.39. The van der Waals surface area contributed by atoms with Crippen LogP contribution in [0.4, 0.5) is 18.9 Å². The minimum absolute atomic E-state index is 0.259. The van der Waals surface area contributed by atoms with Gasteiger partial charge in [-0.05, 0) is 43.2 Å². The first-order valence-corrected chi connectivity index (χ1v) is 8.68. The number of β-amino-alcohol motifs (C(OH)–C–C–N with tert-alkyl or cyclic N) is 1. The minimum Gasteiger partial charge on any atom is -0.384 e. The normalized spacial score (nSPS) is 20.7. The summed E-state index contributed by atoms with van der Waals surface area (Å²) in [6.45, 7) is 3.39. The fourth-order valence-electron chi connectivity index (χ4n) is 3.42. The lowest BCUT2D eigenvalue weighted by atomic mass is 9.93. The van der Waals surface area contributed by atoms with Gasteiger partial charge in [-0.2, -0.15) is 13.2 Å². The Hall–Kier alpha value is -2.05. The number of hydrogen-bond acceptors (Lipinski definition) is 3. The molecule has 1 saturated heterocycles. The lowest BCUT2D eigenvalue weighted by molar-refractivity contribution is -0.137. The molecular formula is C20H23F3N2O. The van der Waals surface area contributed by atoms with E-state index >= 15 is 0 Å². The average molecular weight is 364 g/mol. The lowest BCUT2D eigenvalue weighted by Gasteiger charge is -2.30. The molecule has 0 saturated carbocycles. The molecule has 3 nitrogen and oxygen atoms in total. The molecule has 0 amide bonds. The van der Waals surface area contributed by atoms with Crippen LogP contribution in [0.5, 0.6) is 0 Å². The Labute approximate surface area is 151 Å². The number of nitrogens with one attached hydrogen (secondary N) is 1. The second-order valence-electron chi connectivity index (χ2n) is 7.08. The van der Waals surface area contributed by atoms with Gasteiger partial charge < -0.3 is 10.4 Å². The molecule has 6 heteroatoms. The smallest absolute Gasteiger partial charge is 0.384 e. The number of halogens is 3. The van der Waals surface area contributed by atoms with Gasteiger partial charge in [-0.15, -0.1) is 0 Å². The molecule has 0 unspecified atom stereocenters. The van der Waals surface area contributed by atoms with Gasteiger partial charge in [0.2, 0.25) is 0 Å². The first-order chi connectivity index (χ1) is 12.2. The average Bonchev–Trinajstić information content (AvgIpc) is 3.01. The Kier molecular flexibility index (Phi) is 5.25. The molecule has 1 aliphatic rings. The molecule has 0 radical (unpaired) electrons. The van der Waals surface area contributed by atoms with Gasteiger partial charge in [0.25, 0.3) is 0 Å². The summed E-state index contributed by atoms with van der Waals surface area (Å²) in [5.41, 5.74) is -0.751. The molecule has 1 fully saturated rings. The maximum absolute atomic E-state index is 12.9. The molecule has 1 aliphatic heterocycles. The number of anilines is 1. The van der Waals surface area contributed by atoms with Gasteiger partial charge in [0, 0.05) is 31.4 Å². The molecule has 0 aromatic heterocycles. The highest BCUT2D eigenvalue weighted by Gasteiger charge is 2.34. The topological polar surface area (TPSA) is 35.5 Å². The molecule has 140 valence electrons. The summed E-state index contributed by atoms with van der Waals surface area (Å²) in [4.78, 5) is 2.08. The maximum Gasteiger partial charge on any atom is 0.416 e. The van der Waals surface area contributed by atoms with Crippen LogP contribution in [0.15, 0.2) is 54.6 Å². The van der Waals surface area contributed by atoms with Crippen LogP contribution in [0.1, 0.15) is 24.5 Å². The van der Waals surface area contributed by atoms with Crippen LogP contribution >= 0.6 is 0 Å². The molecule has 3 rings (SSSR count). The van der Waals surface area contributed by atoms with E-state index in [1.54, 1.807) is 13.0 Å². The maximum atomic E-state index is 12.9. The first kappa shape index (κ1) is 18.7. The van der Waals surface area contributed by atoms with E-state index in [2.05, 4.69) is 10.2 Å². The zero-order chi connectivity index (χ0) is 18.8. The van der Waals surface area contributed by atoms with Crippen molar-refractivity contribution in [1.29, 1.82) is 0 Å². The van der Waals surface area contributed by atoms with E-state index in [1.807, 2.05) is 30.3 Å². The van der Waals surface area contributed by atoms with Crippen molar-refractivity contribution in [3.05, 3.63) is 65.7 Å². The highest BCUT2D eigenvalue weighted by Crippen LogP contribution is 2.32. The van der Waals surface area contributed by atoms with Crippen LogP contribution in [0.3, 0.4) is 0 Å². The van der Waals surface area contributed by atoms with Crippen LogP contribution in [0.2, 0.25) is 0 Å². The number of rotatable bonds is 5. The Morgan fingerprint density at radius 2 is 1.77 bits per heavy atom. The molecular weight excluding hydrogens is 341 g/mol. The van der Waals surface area contributed by atoms with Crippen molar-refractivity contribution in [1.82, 2.24) is 4.90 Å². The van der Waals surface area contributed by atoms with Gasteiger partial charge in [0.1, 0.15) is 0 Å². The Bertz CT molecular complexity index is 731. The van der Waals surface area contributed by atoms with Crippen LogP contribution < -0.4 is 5.32 Å². The van der Waals surface area contributed by atoms with Crippen LogP contribution in [0.25, 0.3) is 0 Å². The van der Waals surface area contributed by atoms with Crippen molar-refractivity contribution in [2.24, 2.45) is 0 Å². The SMILES string of the molecule is C[C@@](O)(CN1CC[C@H](Nc2ccccc2)C1)c1cccc(C(F)(F)F)c1. The van der Waals surface area contributed by atoms with Crippen molar-refractivity contribution < 1.29 is 18.3 Å². The monoisotopic (exact) mass is 364 g/mol. The van der Waals surface area contributed by atoms with Gasteiger partial charge in [0.05, 0.1) is 11.2 Å². The molecule has 1 heterocycles. The van der Waals surface area contributed by atoms with Crippen molar-refractivity contribution in [2.75, 3.05) is 25.0 Å². The Morgan fingerprint density at radius 1 is 1.08 bits per heavy atom. The van der Waals surface area contributed by atoms with E-state index < -0.39 is 17.3 Å². The van der Waals surface area contributed by atoms with E-state index in [9.17, 15) is 18.3 Å². The van der Waals surface area contributed by atoms with E-state index in [0.29, 0.717) is 6.54 Å².